The van der Waals surface area contributed by atoms with Gasteiger partial charge < -0.3 is 19.7 Å². The lowest BCUT2D eigenvalue weighted by molar-refractivity contribution is 0.0950. The number of nitrogens with one attached hydrogen (secondary N) is 1. The van der Waals surface area contributed by atoms with Crippen LogP contribution in [0, 0.1) is 11.8 Å². The molecular formula is C31H31N5O5S. The first-order chi connectivity index (χ1) is 20.3. The molecule has 0 saturated carbocycles. The number of amides is 1. The van der Waals surface area contributed by atoms with Gasteiger partial charge in [0.05, 0.1) is 65.7 Å². The number of hydrogen-bond acceptors (Lipinski definition) is 9. The number of fused-ring (bicyclic) bond motifs is 3. The summed E-state index contributed by atoms with van der Waals surface area (Å²) >= 11 is 0. The largest absolute Gasteiger partial charge is 0.381 e. The lowest BCUT2D eigenvalue weighted by Crippen LogP contribution is -2.25. The first-order valence-electron chi connectivity index (χ1n) is 14.1. The predicted octanol–water partition coefficient (Wildman–Crippen LogP) is 3.40. The van der Waals surface area contributed by atoms with Crippen LogP contribution in [0.15, 0.2) is 65.7 Å². The van der Waals surface area contributed by atoms with Crippen LogP contribution in [0.3, 0.4) is 0 Å². The molecule has 3 atom stereocenters. The molecule has 4 aromatic rings. The highest BCUT2D eigenvalue weighted by atomic mass is 32.2. The Morgan fingerprint density at radius 3 is 2.62 bits per heavy atom. The number of carbonyl (C=O) groups is 1. The average Bonchev–Trinajstić information content (AvgIpc) is 3.60. The smallest absolute Gasteiger partial charge is 0.251 e. The van der Waals surface area contributed by atoms with Gasteiger partial charge in [-0.05, 0) is 55.0 Å². The maximum absolute atomic E-state index is 13.0. The maximum atomic E-state index is 13.0. The van der Waals surface area contributed by atoms with Crippen LogP contribution >= 0.6 is 0 Å². The van der Waals surface area contributed by atoms with Crippen molar-refractivity contribution in [2.24, 2.45) is 11.8 Å². The van der Waals surface area contributed by atoms with Gasteiger partial charge in [0.2, 0.25) is 0 Å². The van der Waals surface area contributed by atoms with Crippen molar-refractivity contribution in [3.8, 4) is 11.4 Å². The lowest BCUT2D eigenvalue weighted by Gasteiger charge is -2.19. The van der Waals surface area contributed by atoms with E-state index < -0.39 is 15.1 Å². The average molecular weight is 586 g/mol. The highest BCUT2D eigenvalue weighted by molar-refractivity contribution is 7.92. The second-order valence-electron chi connectivity index (χ2n) is 11.3. The molecule has 0 aliphatic carbocycles. The third-order valence-corrected chi connectivity index (χ3v) is 10.6. The Morgan fingerprint density at radius 2 is 1.79 bits per heavy atom. The third-order valence-electron chi connectivity index (χ3n) is 8.40. The van der Waals surface area contributed by atoms with E-state index in [9.17, 15) is 13.2 Å². The topological polar surface area (TPSA) is 124 Å². The number of benzene rings is 1. The van der Waals surface area contributed by atoms with E-state index in [1.807, 2.05) is 36.4 Å². The van der Waals surface area contributed by atoms with Gasteiger partial charge >= 0.3 is 0 Å². The molecule has 6 heterocycles. The van der Waals surface area contributed by atoms with Crippen LogP contribution in [0.4, 0.5) is 5.82 Å². The van der Waals surface area contributed by atoms with Crippen LogP contribution in [-0.2, 0) is 32.5 Å². The van der Waals surface area contributed by atoms with Gasteiger partial charge in [0.15, 0.2) is 9.84 Å². The Labute approximate surface area is 244 Å². The molecule has 2 saturated heterocycles. The van der Waals surface area contributed by atoms with Gasteiger partial charge in [0.1, 0.15) is 5.82 Å². The third kappa shape index (κ3) is 5.01. The van der Waals surface area contributed by atoms with Crippen LogP contribution < -0.4 is 10.2 Å². The van der Waals surface area contributed by atoms with Gasteiger partial charge in [-0.1, -0.05) is 12.1 Å². The fourth-order valence-corrected chi connectivity index (χ4v) is 7.40. The van der Waals surface area contributed by atoms with Crippen molar-refractivity contribution in [3.05, 3.63) is 77.6 Å². The minimum absolute atomic E-state index is 0.124. The van der Waals surface area contributed by atoms with Gasteiger partial charge in [0.25, 0.3) is 5.91 Å². The van der Waals surface area contributed by atoms with Gasteiger partial charge in [-0.25, -0.2) is 18.4 Å². The summed E-state index contributed by atoms with van der Waals surface area (Å²) in [6.07, 6.45) is 1.73. The van der Waals surface area contributed by atoms with Gasteiger partial charge in [-0.3, -0.25) is 9.78 Å². The first-order valence-corrected chi connectivity index (χ1v) is 15.7. The Morgan fingerprint density at radius 1 is 0.976 bits per heavy atom. The highest BCUT2D eigenvalue weighted by Crippen LogP contribution is 2.33. The Bertz CT molecular complexity index is 1780. The Balaban J connectivity index is 1.08. The second kappa shape index (κ2) is 10.7. The summed E-state index contributed by atoms with van der Waals surface area (Å²) in [6.45, 7) is 5.68. The first kappa shape index (κ1) is 26.9. The molecule has 0 spiro atoms. The summed E-state index contributed by atoms with van der Waals surface area (Å²) < 4.78 is 36.9. The predicted molar refractivity (Wildman–Crippen MR) is 157 cm³/mol. The number of ether oxygens (including phenoxy) is 2. The van der Waals surface area contributed by atoms with Crippen LogP contribution in [0.2, 0.25) is 0 Å². The molecule has 3 aromatic heterocycles. The maximum Gasteiger partial charge on any atom is 0.251 e. The molecule has 1 amide bonds. The number of hydrogen-bond donors (Lipinski definition) is 1. The normalized spacial score (nSPS) is 22.9. The summed E-state index contributed by atoms with van der Waals surface area (Å²) in [5.41, 5.74) is 3.78. The lowest BCUT2D eigenvalue weighted by atomic mass is 10.0. The van der Waals surface area contributed by atoms with Crippen LogP contribution in [0.25, 0.3) is 22.3 Å². The minimum atomic E-state index is -3.58. The van der Waals surface area contributed by atoms with Crippen molar-refractivity contribution in [2.45, 2.75) is 30.2 Å². The zero-order chi connectivity index (χ0) is 28.8. The molecule has 1 aromatic carbocycles. The quantitative estimate of drug-likeness (QED) is 0.375. The van der Waals surface area contributed by atoms with Crippen LogP contribution in [-0.4, -0.2) is 67.4 Å². The molecule has 11 heteroatoms. The van der Waals surface area contributed by atoms with E-state index in [1.165, 1.54) is 6.07 Å². The molecule has 0 radical (unpaired) electrons. The molecule has 216 valence electrons. The molecular weight excluding hydrogens is 554 g/mol. The summed E-state index contributed by atoms with van der Waals surface area (Å²) in [5, 5.41) is 3.06. The SMILES string of the molecule is C[C@H]1COCc2ccc(C(=O)NCc3cc4nc(-c5cccc(N6C[C@H]7COC[C@H]7C6)n5)ccc4cn3)cc2S1(=O)=O. The second-order valence-corrected chi connectivity index (χ2v) is 13.6. The standard InChI is InChI=1S/C31H31N5O5S/c1-19-15-40-16-22-6-5-20(9-29(22)42(19,38)39)31(37)33-12-25-10-28-21(11-32-25)7-8-27(34-28)26-3-2-4-30(35-26)36-13-23-17-41-18-24(23)14-36/h2-11,19,23-24H,12-18H2,1H3,(H,33,37)/t19-,23-,24+/m0/s1. The molecule has 1 N–H and O–H groups in total. The number of carbonyl (C=O) groups excluding carboxylic acids is 1. The summed E-state index contributed by atoms with van der Waals surface area (Å²) in [6, 6.07) is 16.5. The van der Waals surface area contributed by atoms with E-state index in [0.29, 0.717) is 23.1 Å². The molecule has 42 heavy (non-hydrogen) atoms. The van der Waals surface area contributed by atoms with E-state index >= 15 is 0 Å². The number of nitrogens with zero attached hydrogens (tertiary/aromatic N) is 4. The van der Waals surface area contributed by atoms with Gasteiger partial charge in [-0.15, -0.1) is 0 Å². The van der Waals surface area contributed by atoms with Gasteiger partial charge in [-0.2, -0.15) is 0 Å². The number of aromatic nitrogens is 3. The molecule has 3 aliphatic rings. The van der Waals surface area contributed by atoms with Crippen LogP contribution in [0.1, 0.15) is 28.5 Å². The van der Waals surface area contributed by atoms with Crippen molar-refractivity contribution in [1.29, 1.82) is 0 Å². The fourth-order valence-electron chi connectivity index (χ4n) is 5.91. The highest BCUT2D eigenvalue weighted by Gasteiger charge is 2.37. The van der Waals surface area contributed by atoms with E-state index in [0.717, 1.165) is 54.4 Å². The molecule has 2 fully saturated rings. The van der Waals surface area contributed by atoms with E-state index in [2.05, 4.69) is 15.2 Å². The van der Waals surface area contributed by atoms with Crippen molar-refractivity contribution >= 4 is 32.5 Å². The van der Waals surface area contributed by atoms with Crippen molar-refractivity contribution in [2.75, 3.05) is 37.8 Å². The van der Waals surface area contributed by atoms with Crippen molar-refractivity contribution < 1.29 is 22.7 Å². The molecule has 0 unspecified atom stereocenters. The minimum Gasteiger partial charge on any atom is -0.381 e. The van der Waals surface area contributed by atoms with E-state index in [4.69, 9.17) is 19.4 Å². The monoisotopic (exact) mass is 585 g/mol. The number of pyridine rings is 3. The summed E-state index contributed by atoms with van der Waals surface area (Å²) in [5.74, 6) is 1.72. The van der Waals surface area contributed by atoms with Crippen molar-refractivity contribution in [3.63, 3.8) is 0 Å². The summed E-state index contributed by atoms with van der Waals surface area (Å²) in [7, 11) is -3.58. The molecule has 3 aliphatic heterocycles. The van der Waals surface area contributed by atoms with E-state index in [1.54, 1.807) is 25.3 Å². The molecule has 7 rings (SSSR count). The Kier molecular flexibility index (Phi) is 6.88. The number of rotatable bonds is 5. The fraction of sp³-hybridized carbons (Fsp3) is 0.355. The zero-order valence-electron chi connectivity index (χ0n) is 23.2. The number of sulfone groups is 1. The molecule has 0 bridgehead atoms. The van der Waals surface area contributed by atoms with E-state index in [-0.39, 0.29) is 36.1 Å². The van der Waals surface area contributed by atoms with Gasteiger partial charge in [0, 0.05) is 42.1 Å². The van der Waals surface area contributed by atoms with Crippen LogP contribution in [0.5, 0.6) is 0 Å². The number of anilines is 1. The zero-order valence-corrected chi connectivity index (χ0v) is 24.0. The molecule has 10 nitrogen and oxygen atoms in total. The van der Waals surface area contributed by atoms with Crippen molar-refractivity contribution in [1.82, 2.24) is 20.3 Å². The Hall–Kier alpha value is -3.93. The summed E-state index contributed by atoms with van der Waals surface area (Å²) in [4.78, 5) is 29.8.